The maximum absolute atomic E-state index is 11.5. The molecule has 0 aromatic carbocycles. The van der Waals surface area contributed by atoms with Crippen LogP contribution in [-0.4, -0.2) is 46.1 Å². The number of carboxylic acid groups (broad SMARTS) is 1. The molecule has 0 radical (unpaired) electrons. The van der Waals surface area contributed by atoms with Crippen molar-refractivity contribution in [3.8, 4) is 0 Å². The van der Waals surface area contributed by atoms with Crippen molar-refractivity contribution in [3.05, 3.63) is 0 Å². The highest BCUT2D eigenvalue weighted by Crippen LogP contribution is 2.21. The third-order valence-electron chi connectivity index (χ3n) is 2.22. The Morgan fingerprint density at radius 1 is 1.60 bits per heavy atom. The Morgan fingerprint density at radius 3 is 2.53 bits per heavy atom. The van der Waals surface area contributed by atoms with Crippen molar-refractivity contribution in [2.75, 3.05) is 12.4 Å². The summed E-state index contributed by atoms with van der Waals surface area (Å²) in [5.74, 6) is -0.827. The molecule has 1 rings (SSSR count). The Kier molecular flexibility index (Phi) is 3.44. The average molecular weight is 236 g/mol. The topological polar surface area (TPSA) is 66.8 Å². The molecule has 0 spiro atoms. The first-order chi connectivity index (χ1) is 6.87. The number of carbonyl (C=O) groups is 2. The SMILES string of the molecule is CC(C)(CCl)OC(=O)N1CCC1C(=O)O. The van der Waals surface area contributed by atoms with Gasteiger partial charge < -0.3 is 9.84 Å². The van der Waals surface area contributed by atoms with Gasteiger partial charge in [-0.15, -0.1) is 11.6 Å². The van der Waals surface area contributed by atoms with Crippen LogP contribution in [-0.2, 0) is 9.53 Å². The number of aliphatic carboxylic acids is 1. The summed E-state index contributed by atoms with van der Waals surface area (Å²) in [5.41, 5.74) is -0.767. The summed E-state index contributed by atoms with van der Waals surface area (Å²) in [6.07, 6.45) is -0.134. The zero-order chi connectivity index (χ0) is 11.6. The van der Waals surface area contributed by atoms with Crippen LogP contribution in [0.25, 0.3) is 0 Å². The smallest absolute Gasteiger partial charge is 0.411 e. The second-order valence-electron chi connectivity index (χ2n) is 4.10. The van der Waals surface area contributed by atoms with Crippen LogP contribution in [0.3, 0.4) is 0 Å². The van der Waals surface area contributed by atoms with Crippen LogP contribution in [0.1, 0.15) is 20.3 Å². The highest BCUT2D eigenvalue weighted by molar-refractivity contribution is 6.18. The van der Waals surface area contributed by atoms with Crippen molar-refractivity contribution < 1.29 is 19.4 Å². The van der Waals surface area contributed by atoms with Crippen LogP contribution in [0.4, 0.5) is 4.79 Å². The van der Waals surface area contributed by atoms with Gasteiger partial charge in [0.05, 0.1) is 5.88 Å². The molecule has 0 aromatic rings. The summed E-state index contributed by atoms with van der Waals surface area (Å²) in [6, 6.07) is -0.747. The zero-order valence-electron chi connectivity index (χ0n) is 8.70. The summed E-state index contributed by atoms with van der Waals surface area (Å²) in [5, 5.41) is 8.73. The summed E-state index contributed by atoms with van der Waals surface area (Å²) in [4.78, 5) is 23.3. The minimum absolute atomic E-state index is 0.171. The predicted octanol–water partition coefficient (Wildman–Crippen LogP) is 1.30. The minimum Gasteiger partial charge on any atom is -0.480 e. The first-order valence-corrected chi connectivity index (χ1v) is 5.19. The molecule has 1 saturated heterocycles. The number of hydrogen-bond acceptors (Lipinski definition) is 3. The maximum atomic E-state index is 11.5. The van der Waals surface area contributed by atoms with E-state index in [0.717, 1.165) is 0 Å². The molecular weight excluding hydrogens is 222 g/mol. The molecule has 0 aliphatic carbocycles. The molecular formula is C9H14ClNO4. The minimum atomic E-state index is -0.998. The second kappa shape index (κ2) is 4.26. The highest BCUT2D eigenvalue weighted by atomic mass is 35.5. The molecule has 0 aromatic heterocycles. The summed E-state index contributed by atoms with van der Waals surface area (Å²) in [6.45, 7) is 3.77. The largest absolute Gasteiger partial charge is 0.480 e. The van der Waals surface area contributed by atoms with Crippen LogP contribution in [0.15, 0.2) is 0 Å². The Bertz CT molecular complexity index is 279. The molecule has 1 atom stereocenters. The molecule has 6 heteroatoms. The van der Waals surface area contributed by atoms with Crippen LogP contribution < -0.4 is 0 Å². The normalized spacial score (nSPS) is 20.7. The van der Waals surface area contributed by atoms with E-state index in [2.05, 4.69) is 0 Å². The summed E-state index contributed by atoms with van der Waals surface area (Å²) in [7, 11) is 0. The van der Waals surface area contributed by atoms with Crippen molar-refractivity contribution in [3.63, 3.8) is 0 Å². The molecule has 0 saturated carbocycles. The van der Waals surface area contributed by atoms with E-state index in [4.69, 9.17) is 21.4 Å². The van der Waals surface area contributed by atoms with Crippen molar-refractivity contribution in [1.82, 2.24) is 4.90 Å². The number of halogens is 1. The zero-order valence-corrected chi connectivity index (χ0v) is 9.45. The molecule has 0 bridgehead atoms. The molecule has 1 amide bonds. The van der Waals surface area contributed by atoms with Crippen molar-refractivity contribution in [2.45, 2.75) is 31.9 Å². The number of ether oxygens (including phenoxy) is 1. The van der Waals surface area contributed by atoms with Crippen LogP contribution >= 0.6 is 11.6 Å². The standard InChI is InChI=1S/C9H14ClNO4/c1-9(2,5-10)15-8(14)11-4-3-6(11)7(12)13/h6H,3-5H2,1-2H3,(H,12,13). The van der Waals surface area contributed by atoms with Crippen LogP contribution in [0.5, 0.6) is 0 Å². The maximum Gasteiger partial charge on any atom is 0.411 e. The van der Waals surface area contributed by atoms with E-state index in [9.17, 15) is 9.59 Å². The Balaban J connectivity index is 2.52. The predicted molar refractivity (Wildman–Crippen MR) is 54.0 cm³/mol. The fraction of sp³-hybridized carbons (Fsp3) is 0.778. The number of rotatable bonds is 3. The number of hydrogen-bond donors (Lipinski definition) is 1. The van der Waals surface area contributed by atoms with E-state index in [1.807, 2.05) is 0 Å². The van der Waals surface area contributed by atoms with Gasteiger partial charge in [-0.2, -0.15) is 0 Å². The number of nitrogens with zero attached hydrogens (tertiary/aromatic N) is 1. The molecule has 15 heavy (non-hydrogen) atoms. The van der Waals surface area contributed by atoms with Gasteiger partial charge in [0.2, 0.25) is 0 Å². The van der Waals surface area contributed by atoms with Gasteiger partial charge in [-0.25, -0.2) is 9.59 Å². The Morgan fingerprint density at radius 2 is 2.20 bits per heavy atom. The monoisotopic (exact) mass is 235 g/mol. The molecule has 1 unspecified atom stereocenters. The lowest BCUT2D eigenvalue weighted by Crippen LogP contribution is -2.56. The fourth-order valence-corrected chi connectivity index (χ4v) is 1.24. The lowest BCUT2D eigenvalue weighted by Gasteiger charge is -2.38. The highest BCUT2D eigenvalue weighted by Gasteiger charge is 2.40. The second-order valence-corrected chi connectivity index (χ2v) is 4.36. The van der Waals surface area contributed by atoms with Gasteiger partial charge in [0.25, 0.3) is 0 Å². The number of carboxylic acids is 1. The van der Waals surface area contributed by atoms with E-state index in [0.29, 0.717) is 13.0 Å². The lowest BCUT2D eigenvalue weighted by molar-refractivity contribution is -0.147. The molecule has 1 heterocycles. The third-order valence-corrected chi connectivity index (χ3v) is 2.87. The fourth-order valence-electron chi connectivity index (χ4n) is 1.18. The van der Waals surface area contributed by atoms with Crippen molar-refractivity contribution >= 4 is 23.7 Å². The van der Waals surface area contributed by atoms with E-state index < -0.39 is 23.7 Å². The molecule has 1 N–H and O–H groups in total. The number of alkyl halides is 1. The molecule has 1 aliphatic heterocycles. The first kappa shape index (κ1) is 12.1. The van der Waals surface area contributed by atoms with Gasteiger partial charge in [-0.1, -0.05) is 0 Å². The molecule has 1 aliphatic rings. The third kappa shape index (κ3) is 2.75. The van der Waals surface area contributed by atoms with Gasteiger partial charge in [0, 0.05) is 6.54 Å². The van der Waals surface area contributed by atoms with Gasteiger partial charge in [-0.3, -0.25) is 4.90 Å². The number of carbonyl (C=O) groups excluding carboxylic acids is 1. The lowest BCUT2D eigenvalue weighted by atomic mass is 10.0. The van der Waals surface area contributed by atoms with Gasteiger partial charge in [0.15, 0.2) is 0 Å². The molecule has 1 fully saturated rings. The summed E-state index contributed by atoms with van der Waals surface area (Å²) < 4.78 is 5.06. The molecule has 86 valence electrons. The number of amides is 1. The Labute approximate surface area is 92.9 Å². The summed E-state index contributed by atoms with van der Waals surface area (Å²) >= 11 is 5.59. The molecule has 5 nitrogen and oxygen atoms in total. The van der Waals surface area contributed by atoms with Crippen molar-refractivity contribution in [1.29, 1.82) is 0 Å². The van der Waals surface area contributed by atoms with Gasteiger partial charge in [-0.05, 0) is 20.3 Å². The first-order valence-electron chi connectivity index (χ1n) is 4.66. The number of likely N-dealkylation sites (tertiary alicyclic amines) is 1. The quantitative estimate of drug-likeness (QED) is 0.749. The van der Waals surface area contributed by atoms with E-state index in [-0.39, 0.29) is 5.88 Å². The van der Waals surface area contributed by atoms with E-state index in [1.54, 1.807) is 13.8 Å². The average Bonchev–Trinajstić information content (AvgIpc) is 1.99. The van der Waals surface area contributed by atoms with Gasteiger partial charge in [0.1, 0.15) is 11.6 Å². The van der Waals surface area contributed by atoms with Crippen LogP contribution in [0.2, 0.25) is 0 Å². The van der Waals surface area contributed by atoms with E-state index in [1.165, 1.54) is 4.90 Å². The van der Waals surface area contributed by atoms with E-state index >= 15 is 0 Å². The van der Waals surface area contributed by atoms with Crippen LogP contribution in [0, 0.1) is 0 Å². The van der Waals surface area contributed by atoms with Crippen molar-refractivity contribution in [2.24, 2.45) is 0 Å². The Hall–Kier alpha value is -0.970. The van der Waals surface area contributed by atoms with Gasteiger partial charge >= 0.3 is 12.1 Å².